The Balaban J connectivity index is 1.95. The fraction of sp³-hybridized carbons (Fsp3) is 0.143. The number of aliphatic carboxylic acids is 1. The van der Waals surface area contributed by atoms with E-state index in [0.29, 0.717) is 0 Å². The third kappa shape index (κ3) is 4.93. The van der Waals surface area contributed by atoms with Crippen molar-refractivity contribution in [1.29, 1.82) is 0 Å². The molecular weight excluding hydrogens is 415 g/mol. The first-order valence-electron chi connectivity index (χ1n) is 10.8. The fourth-order valence-corrected chi connectivity index (χ4v) is 4.18. The summed E-state index contributed by atoms with van der Waals surface area (Å²) in [5, 5.41) is 17.0. The number of aromatic nitrogens is 2. The number of rotatable bonds is 7. The van der Waals surface area contributed by atoms with Gasteiger partial charge in [0.1, 0.15) is 0 Å². The van der Waals surface area contributed by atoms with Gasteiger partial charge in [-0.05, 0) is 71.0 Å². The summed E-state index contributed by atoms with van der Waals surface area (Å²) in [7, 11) is 0. The van der Waals surface area contributed by atoms with Gasteiger partial charge in [0.15, 0.2) is 0 Å². The summed E-state index contributed by atoms with van der Waals surface area (Å²) in [6, 6.07) is 20.0. The van der Waals surface area contributed by atoms with Crippen LogP contribution < -0.4 is 0 Å². The zero-order valence-corrected chi connectivity index (χ0v) is 18.6. The predicted octanol–water partition coefficient (Wildman–Crippen LogP) is 6.60. The quantitative estimate of drug-likeness (QED) is 0.251. The minimum atomic E-state index is -0.992. The van der Waals surface area contributed by atoms with E-state index in [2.05, 4.69) is 41.4 Å². The molecule has 0 aliphatic heterocycles. The summed E-state index contributed by atoms with van der Waals surface area (Å²) >= 11 is 0. The number of aromatic amines is 1. The van der Waals surface area contributed by atoms with Crippen molar-refractivity contribution in [2.45, 2.75) is 20.3 Å². The Labute approximate surface area is 192 Å². The van der Waals surface area contributed by atoms with Crippen molar-refractivity contribution >= 4 is 34.1 Å². The van der Waals surface area contributed by atoms with Gasteiger partial charge in [-0.3, -0.25) is 9.49 Å². The van der Waals surface area contributed by atoms with Gasteiger partial charge in [0.2, 0.25) is 0 Å². The van der Waals surface area contributed by atoms with Gasteiger partial charge < -0.3 is 5.11 Å². The van der Waals surface area contributed by atoms with Crippen molar-refractivity contribution in [2.24, 2.45) is 0 Å². The number of alkyl halides is 1. The molecule has 0 atom stereocenters. The summed E-state index contributed by atoms with van der Waals surface area (Å²) in [6.07, 6.45) is 4.73. The Morgan fingerprint density at radius 1 is 1.03 bits per heavy atom. The molecule has 4 aromatic rings. The molecule has 1 heterocycles. The number of hydrogen-bond acceptors (Lipinski definition) is 2. The SMILES string of the molecule is Cc1ccc(/C(CCF)=C(\c2ccc(/C=C/C(=O)O)cc2)c2ccc3[nH]ncc3c2)c(C)c1. The zero-order chi connectivity index (χ0) is 23.4. The molecule has 0 amide bonds. The maximum Gasteiger partial charge on any atom is 0.328 e. The van der Waals surface area contributed by atoms with Crippen LogP contribution in [0.15, 0.2) is 72.9 Å². The third-order valence-corrected chi connectivity index (χ3v) is 5.70. The van der Waals surface area contributed by atoms with E-state index in [0.717, 1.165) is 61.5 Å². The van der Waals surface area contributed by atoms with Gasteiger partial charge in [-0.2, -0.15) is 5.10 Å². The first kappa shape index (κ1) is 22.2. The lowest BCUT2D eigenvalue weighted by Gasteiger charge is -2.19. The van der Waals surface area contributed by atoms with Gasteiger partial charge in [-0.25, -0.2) is 4.79 Å². The first-order valence-corrected chi connectivity index (χ1v) is 10.8. The molecule has 0 unspecified atom stereocenters. The van der Waals surface area contributed by atoms with E-state index in [4.69, 9.17) is 5.11 Å². The number of H-pyrrole nitrogens is 1. The van der Waals surface area contributed by atoms with Crippen molar-refractivity contribution in [3.8, 4) is 0 Å². The number of aryl methyl sites for hydroxylation is 2. The van der Waals surface area contributed by atoms with Crippen LogP contribution in [-0.4, -0.2) is 27.9 Å². The first-order chi connectivity index (χ1) is 16.0. The number of allylic oxidation sites excluding steroid dienone is 1. The molecule has 2 N–H and O–H groups in total. The topological polar surface area (TPSA) is 66.0 Å². The Morgan fingerprint density at radius 3 is 2.48 bits per heavy atom. The molecule has 4 nitrogen and oxygen atoms in total. The van der Waals surface area contributed by atoms with E-state index >= 15 is 0 Å². The van der Waals surface area contributed by atoms with Crippen LogP contribution >= 0.6 is 0 Å². The largest absolute Gasteiger partial charge is 0.478 e. The second-order valence-corrected chi connectivity index (χ2v) is 8.08. The number of hydrogen-bond donors (Lipinski definition) is 2. The van der Waals surface area contributed by atoms with E-state index in [9.17, 15) is 9.18 Å². The smallest absolute Gasteiger partial charge is 0.328 e. The number of carboxylic acid groups (broad SMARTS) is 1. The normalized spacial score (nSPS) is 12.3. The Bertz CT molecular complexity index is 1360. The summed E-state index contributed by atoms with van der Waals surface area (Å²) in [5.41, 5.74) is 8.80. The molecule has 0 aliphatic rings. The number of carbonyl (C=O) groups is 1. The molecule has 4 rings (SSSR count). The molecule has 0 saturated heterocycles. The highest BCUT2D eigenvalue weighted by Crippen LogP contribution is 2.37. The molecule has 0 fully saturated rings. The van der Waals surface area contributed by atoms with Crippen LogP contribution in [-0.2, 0) is 4.79 Å². The maximum absolute atomic E-state index is 13.9. The van der Waals surface area contributed by atoms with Crippen LogP contribution in [0.4, 0.5) is 4.39 Å². The number of nitrogens with one attached hydrogen (secondary N) is 1. The minimum Gasteiger partial charge on any atom is -0.478 e. The lowest BCUT2D eigenvalue weighted by atomic mass is 9.85. The Morgan fingerprint density at radius 2 is 1.79 bits per heavy atom. The highest BCUT2D eigenvalue weighted by atomic mass is 19.1. The van der Waals surface area contributed by atoms with Crippen LogP contribution in [0, 0.1) is 13.8 Å². The molecular formula is C28H25FN2O2. The van der Waals surface area contributed by atoms with E-state index in [1.807, 2.05) is 43.3 Å². The molecule has 0 aliphatic carbocycles. The number of benzene rings is 3. The maximum atomic E-state index is 13.9. The van der Waals surface area contributed by atoms with Crippen molar-refractivity contribution in [1.82, 2.24) is 10.2 Å². The van der Waals surface area contributed by atoms with Crippen LogP contribution in [0.1, 0.15) is 39.8 Å². The van der Waals surface area contributed by atoms with Gasteiger partial charge in [0, 0.05) is 17.9 Å². The second-order valence-electron chi connectivity index (χ2n) is 8.08. The number of carboxylic acids is 1. The van der Waals surface area contributed by atoms with E-state index in [1.54, 1.807) is 12.3 Å². The molecule has 0 radical (unpaired) electrons. The second kappa shape index (κ2) is 9.65. The zero-order valence-electron chi connectivity index (χ0n) is 18.6. The van der Waals surface area contributed by atoms with Crippen LogP contribution in [0.5, 0.6) is 0 Å². The molecule has 3 aromatic carbocycles. The lowest BCUT2D eigenvalue weighted by molar-refractivity contribution is -0.131. The van der Waals surface area contributed by atoms with Gasteiger partial charge in [0.25, 0.3) is 0 Å². The van der Waals surface area contributed by atoms with Crippen LogP contribution in [0.3, 0.4) is 0 Å². The van der Waals surface area contributed by atoms with Crippen molar-refractivity contribution in [3.05, 3.63) is 106 Å². The molecule has 0 bridgehead atoms. The van der Waals surface area contributed by atoms with Gasteiger partial charge >= 0.3 is 5.97 Å². The minimum absolute atomic E-state index is 0.281. The van der Waals surface area contributed by atoms with Crippen LogP contribution in [0.25, 0.3) is 28.1 Å². The average molecular weight is 441 g/mol. The van der Waals surface area contributed by atoms with E-state index < -0.39 is 12.6 Å². The molecule has 166 valence electrons. The summed E-state index contributed by atoms with van der Waals surface area (Å²) in [4.78, 5) is 10.9. The molecule has 1 aromatic heterocycles. The van der Waals surface area contributed by atoms with Gasteiger partial charge in [0.05, 0.1) is 18.4 Å². The van der Waals surface area contributed by atoms with Gasteiger partial charge in [-0.15, -0.1) is 0 Å². The van der Waals surface area contributed by atoms with Crippen LogP contribution in [0.2, 0.25) is 0 Å². The standard InChI is InChI=1S/C28H25FN2O2/c1-18-3-10-24(19(2)15-18)25(13-14-29)28(22-9-11-26-23(16-22)17-30-31-26)21-7-4-20(5-8-21)6-12-27(32)33/h3-12,15-17H,13-14H2,1-2H3,(H,30,31)(H,32,33)/b12-6+,28-25+. The fourth-order valence-electron chi connectivity index (χ4n) is 4.18. The average Bonchev–Trinajstić information content (AvgIpc) is 3.26. The van der Waals surface area contributed by atoms with Crippen molar-refractivity contribution in [3.63, 3.8) is 0 Å². The Kier molecular flexibility index (Phi) is 6.50. The summed E-state index contributed by atoms with van der Waals surface area (Å²) in [6.45, 7) is 3.63. The molecule has 0 saturated carbocycles. The predicted molar refractivity (Wildman–Crippen MR) is 132 cm³/mol. The highest BCUT2D eigenvalue weighted by Gasteiger charge is 2.16. The number of halogens is 1. The molecule has 33 heavy (non-hydrogen) atoms. The summed E-state index contributed by atoms with van der Waals surface area (Å²) < 4.78 is 13.9. The summed E-state index contributed by atoms with van der Waals surface area (Å²) in [5.74, 6) is -0.992. The molecule has 0 spiro atoms. The number of fused-ring (bicyclic) bond motifs is 1. The van der Waals surface area contributed by atoms with Gasteiger partial charge in [-0.1, -0.05) is 54.1 Å². The monoisotopic (exact) mass is 440 g/mol. The molecule has 5 heteroatoms. The third-order valence-electron chi connectivity index (χ3n) is 5.70. The Hall–Kier alpha value is -3.99. The van der Waals surface area contributed by atoms with Crippen molar-refractivity contribution < 1.29 is 14.3 Å². The lowest BCUT2D eigenvalue weighted by Crippen LogP contribution is -1.99. The van der Waals surface area contributed by atoms with E-state index in [-0.39, 0.29) is 6.42 Å². The highest BCUT2D eigenvalue weighted by molar-refractivity contribution is 6.01. The number of nitrogens with zero attached hydrogens (tertiary/aromatic N) is 1. The van der Waals surface area contributed by atoms with E-state index in [1.165, 1.54) is 0 Å². The van der Waals surface area contributed by atoms with Crippen molar-refractivity contribution in [2.75, 3.05) is 6.67 Å².